The molecule has 2 nitrogen and oxygen atoms in total. The Bertz CT molecular complexity index is 838. The van der Waals surface area contributed by atoms with Crippen LogP contribution in [0.4, 0.5) is 18.9 Å². The van der Waals surface area contributed by atoms with E-state index in [0.29, 0.717) is 11.5 Å². The van der Waals surface area contributed by atoms with Gasteiger partial charge in [-0.25, -0.2) is 0 Å². The molecule has 5 heteroatoms. The van der Waals surface area contributed by atoms with E-state index in [1.54, 1.807) is 0 Å². The van der Waals surface area contributed by atoms with Crippen LogP contribution in [0.5, 0.6) is 0 Å². The van der Waals surface area contributed by atoms with Crippen molar-refractivity contribution in [3.8, 4) is 0 Å². The molecule has 0 aromatic heterocycles. The fourth-order valence-corrected chi connectivity index (χ4v) is 3.27. The first-order valence-electron chi connectivity index (χ1n) is 9.09. The molecular weight excluding hydrogens is 351 g/mol. The number of nitrogens with one attached hydrogen (secondary N) is 1. The van der Waals surface area contributed by atoms with Gasteiger partial charge in [-0.3, -0.25) is 4.79 Å². The van der Waals surface area contributed by atoms with Gasteiger partial charge in [-0.2, -0.15) is 13.2 Å². The summed E-state index contributed by atoms with van der Waals surface area (Å²) in [5.74, 6) is 0.402. The van der Waals surface area contributed by atoms with Gasteiger partial charge in [-0.15, -0.1) is 0 Å². The van der Waals surface area contributed by atoms with Gasteiger partial charge in [-0.05, 0) is 78.6 Å². The van der Waals surface area contributed by atoms with E-state index in [1.165, 1.54) is 41.8 Å². The minimum atomic E-state index is -4.36. The summed E-state index contributed by atoms with van der Waals surface area (Å²) >= 11 is 0. The topological polar surface area (TPSA) is 29.1 Å². The van der Waals surface area contributed by atoms with Crippen LogP contribution in [0.3, 0.4) is 0 Å². The molecule has 27 heavy (non-hydrogen) atoms. The number of rotatable bonds is 3. The molecule has 3 rings (SSSR count). The smallest absolute Gasteiger partial charge is 0.323 e. The van der Waals surface area contributed by atoms with Gasteiger partial charge in [0, 0.05) is 11.8 Å². The van der Waals surface area contributed by atoms with Crippen LogP contribution in [0.15, 0.2) is 48.5 Å². The first-order chi connectivity index (χ1) is 12.8. The van der Waals surface area contributed by atoms with Crippen molar-refractivity contribution in [3.05, 3.63) is 70.8 Å². The molecule has 0 spiro atoms. The summed E-state index contributed by atoms with van der Waals surface area (Å²) in [5, 5.41) is 2.82. The monoisotopic (exact) mass is 373 g/mol. The van der Waals surface area contributed by atoms with Crippen LogP contribution in [0.25, 0.3) is 6.08 Å². The van der Waals surface area contributed by atoms with Gasteiger partial charge in [0.05, 0.1) is 5.56 Å². The molecule has 0 heterocycles. The number of anilines is 1. The fourth-order valence-electron chi connectivity index (χ4n) is 3.27. The average molecular weight is 373 g/mol. The molecule has 0 fully saturated rings. The number of fused-ring (bicyclic) bond motifs is 1. The van der Waals surface area contributed by atoms with Gasteiger partial charge < -0.3 is 5.32 Å². The summed E-state index contributed by atoms with van der Waals surface area (Å²) < 4.78 is 37.7. The predicted molar refractivity (Wildman–Crippen MR) is 101 cm³/mol. The molecule has 1 aliphatic carbocycles. The molecule has 0 bridgehead atoms. The van der Waals surface area contributed by atoms with Crippen molar-refractivity contribution in [3.63, 3.8) is 0 Å². The number of hydrogen-bond donors (Lipinski definition) is 1. The molecular formula is C22H22F3NO. The van der Waals surface area contributed by atoms with Gasteiger partial charge in [0.15, 0.2) is 0 Å². The molecule has 1 N–H and O–H groups in total. The van der Waals surface area contributed by atoms with Gasteiger partial charge in [0.1, 0.15) is 0 Å². The second kappa shape index (κ2) is 7.99. The number of alkyl halides is 3. The summed E-state index contributed by atoms with van der Waals surface area (Å²) in [4.78, 5) is 12.1. The van der Waals surface area contributed by atoms with Crippen LogP contribution in [0.2, 0.25) is 0 Å². The van der Waals surface area contributed by atoms with Crippen molar-refractivity contribution in [1.82, 2.24) is 0 Å². The zero-order valence-electron chi connectivity index (χ0n) is 15.1. The zero-order valence-corrected chi connectivity index (χ0v) is 15.1. The molecule has 1 atom stereocenters. The summed E-state index contributed by atoms with van der Waals surface area (Å²) in [7, 11) is 0. The lowest BCUT2D eigenvalue weighted by Crippen LogP contribution is -2.08. The Hall–Kier alpha value is -2.56. The van der Waals surface area contributed by atoms with Crippen LogP contribution in [-0.2, 0) is 23.8 Å². The summed E-state index contributed by atoms with van der Waals surface area (Å²) in [6.45, 7) is 2.26. The van der Waals surface area contributed by atoms with Gasteiger partial charge >= 0.3 is 6.18 Å². The maximum Gasteiger partial charge on any atom is 0.416 e. The summed E-state index contributed by atoms with van der Waals surface area (Å²) in [6.07, 6.45) is 2.90. The first kappa shape index (κ1) is 19.2. The van der Waals surface area contributed by atoms with Crippen molar-refractivity contribution in [2.24, 2.45) is 5.92 Å². The van der Waals surface area contributed by atoms with Crippen molar-refractivity contribution >= 4 is 17.7 Å². The summed E-state index contributed by atoms with van der Waals surface area (Å²) in [5.41, 5.74) is 3.20. The van der Waals surface area contributed by atoms with E-state index < -0.39 is 11.7 Å². The van der Waals surface area contributed by atoms with Crippen molar-refractivity contribution < 1.29 is 18.0 Å². The third-order valence-electron chi connectivity index (χ3n) is 4.95. The third kappa shape index (κ3) is 5.22. The van der Waals surface area contributed by atoms with E-state index >= 15 is 0 Å². The predicted octanol–water partition coefficient (Wildman–Crippen LogP) is 5.87. The molecule has 0 aliphatic heterocycles. The van der Waals surface area contributed by atoms with E-state index in [0.717, 1.165) is 37.1 Å². The lowest BCUT2D eigenvalue weighted by Gasteiger charge is -2.09. The Kier molecular flexibility index (Phi) is 5.68. The Morgan fingerprint density at radius 2 is 1.70 bits per heavy atom. The molecule has 0 saturated heterocycles. The highest BCUT2D eigenvalue weighted by atomic mass is 19.4. The normalized spacial score (nSPS) is 17.4. The maximum absolute atomic E-state index is 12.6. The quantitative estimate of drug-likeness (QED) is 0.529. The van der Waals surface area contributed by atoms with Crippen LogP contribution in [0.1, 0.15) is 42.0 Å². The lowest BCUT2D eigenvalue weighted by atomic mass is 10.0. The zero-order chi connectivity index (χ0) is 19.4. The van der Waals surface area contributed by atoms with E-state index in [2.05, 4.69) is 18.3 Å². The number of halogens is 3. The molecule has 2 aromatic rings. The number of carbonyl (C=O) groups excluding carboxylic acids is 1. The molecule has 0 saturated carbocycles. The van der Waals surface area contributed by atoms with Gasteiger partial charge in [0.2, 0.25) is 5.91 Å². The number of aryl methyl sites for hydroxylation is 2. The molecule has 0 radical (unpaired) electrons. The van der Waals surface area contributed by atoms with Crippen molar-refractivity contribution in [2.75, 3.05) is 5.32 Å². The first-order valence-corrected chi connectivity index (χ1v) is 9.09. The molecule has 1 aliphatic rings. The van der Waals surface area contributed by atoms with E-state index in [-0.39, 0.29) is 5.91 Å². The third-order valence-corrected chi connectivity index (χ3v) is 4.95. The second-order valence-electron chi connectivity index (χ2n) is 7.11. The highest BCUT2D eigenvalue weighted by molar-refractivity contribution is 6.02. The molecule has 1 amide bonds. The number of benzene rings is 2. The highest BCUT2D eigenvalue weighted by Crippen LogP contribution is 2.29. The van der Waals surface area contributed by atoms with Crippen LogP contribution >= 0.6 is 0 Å². The van der Waals surface area contributed by atoms with Gasteiger partial charge in [-0.1, -0.05) is 25.1 Å². The van der Waals surface area contributed by atoms with Crippen molar-refractivity contribution in [1.29, 1.82) is 0 Å². The molecule has 2 aromatic carbocycles. The fraction of sp³-hybridized carbons (Fsp3) is 0.318. The number of carbonyl (C=O) groups is 1. The Balaban J connectivity index is 1.63. The SMILES string of the molecule is CC1CCc2ccc(NC(=O)/C=C/c3ccc(C(F)(F)F)cc3)cc2CC1. The lowest BCUT2D eigenvalue weighted by molar-refractivity contribution is -0.137. The van der Waals surface area contributed by atoms with E-state index in [4.69, 9.17) is 0 Å². The second-order valence-corrected chi connectivity index (χ2v) is 7.11. The Labute approximate surface area is 157 Å². The number of amides is 1. The minimum Gasteiger partial charge on any atom is -0.323 e. The molecule has 1 unspecified atom stereocenters. The van der Waals surface area contributed by atoms with E-state index in [9.17, 15) is 18.0 Å². The van der Waals surface area contributed by atoms with Crippen LogP contribution in [0, 0.1) is 5.92 Å². The van der Waals surface area contributed by atoms with Crippen LogP contribution < -0.4 is 5.32 Å². The highest BCUT2D eigenvalue weighted by Gasteiger charge is 2.29. The Morgan fingerprint density at radius 3 is 2.37 bits per heavy atom. The minimum absolute atomic E-state index is 0.308. The van der Waals surface area contributed by atoms with Gasteiger partial charge in [0.25, 0.3) is 0 Å². The van der Waals surface area contributed by atoms with Crippen LogP contribution in [-0.4, -0.2) is 5.91 Å². The maximum atomic E-state index is 12.6. The van der Waals surface area contributed by atoms with Crippen molar-refractivity contribution in [2.45, 2.75) is 38.8 Å². The summed E-state index contributed by atoms with van der Waals surface area (Å²) in [6, 6.07) is 10.7. The largest absolute Gasteiger partial charge is 0.416 e. The Morgan fingerprint density at radius 1 is 1.04 bits per heavy atom. The molecule has 142 valence electrons. The average Bonchev–Trinajstić information content (AvgIpc) is 2.81. The standard InChI is InChI=1S/C22H22F3NO/c1-15-2-7-17-9-12-20(14-18(17)8-3-15)26-21(27)13-6-16-4-10-19(11-5-16)22(23,24)25/h4-6,9-15H,2-3,7-8H2,1H3,(H,26,27)/b13-6+. The van der Waals surface area contributed by atoms with E-state index in [1.807, 2.05) is 12.1 Å². The number of hydrogen-bond acceptors (Lipinski definition) is 1.